The van der Waals surface area contributed by atoms with Crippen molar-refractivity contribution in [3.05, 3.63) is 46.3 Å². The van der Waals surface area contributed by atoms with E-state index < -0.39 is 17.8 Å². The average Bonchev–Trinajstić information content (AvgIpc) is 2.50. The Kier molecular flexibility index (Phi) is 8.17. The van der Waals surface area contributed by atoms with Gasteiger partial charge in [-0.05, 0) is 62.6 Å². The van der Waals surface area contributed by atoms with Gasteiger partial charge in [-0.25, -0.2) is 13.2 Å². The van der Waals surface area contributed by atoms with E-state index >= 15 is 0 Å². The van der Waals surface area contributed by atoms with Crippen LogP contribution in [0.2, 0.25) is 0 Å². The maximum Gasteiger partial charge on any atom is 0.154 e. The number of hydrogen-bond donors (Lipinski definition) is 1. The Morgan fingerprint density at radius 2 is 2.04 bits per heavy atom. The van der Waals surface area contributed by atoms with Gasteiger partial charge in [-0.15, -0.1) is 0 Å². The van der Waals surface area contributed by atoms with Crippen molar-refractivity contribution in [2.45, 2.75) is 46.7 Å². The lowest BCUT2D eigenvalue weighted by molar-refractivity contribution is 0.216. The molecule has 5 heteroatoms. The average molecular weight is 329 g/mol. The summed E-state index contributed by atoms with van der Waals surface area (Å²) in [5, 5.41) is 3.19. The third-order valence-electron chi connectivity index (χ3n) is 3.63. The van der Waals surface area contributed by atoms with Gasteiger partial charge in [-0.2, -0.15) is 0 Å². The van der Waals surface area contributed by atoms with Crippen molar-refractivity contribution in [3.8, 4) is 0 Å². The third kappa shape index (κ3) is 5.90. The van der Waals surface area contributed by atoms with Crippen LogP contribution in [0.3, 0.4) is 0 Å². The molecule has 1 atom stereocenters. The van der Waals surface area contributed by atoms with Gasteiger partial charge >= 0.3 is 0 Å². The van der Waals surface area contributed by atoms with Crippen molar-refractivity contribution < 1.29 is 17.9 Å². The summed E-state index contributed by atoms with van der Waals surface area (Å²) < 4.78 is 46.2. The standard InChI is InChI=1S/C18H26F3NO/c1-5-22-11-14-9-15(23-6-2)7-8-16(14)17(12(3)19)10-18(21)13(4)20/h9-10,12,22H,5-8,11H2,1-4H3/b17-10+,18-13-. The molecule has 0 fully saturated rings. The van der Waals surface area contributed by atoms with Crippen LogP contribution in [0, 0.1) is 0 Å². The molecule has 1 unspecified atom stereocenters. The Balaban J connectivity index is 3.30. The maximum atomic E-state index is 14.0. The van der Waals surface area contributed by atoms with E-state index in [2.05, 4.69) is 5.32 Å². The predicted octanol–water partition coefficient (Wildman–Crippen LogP) is 5.06. The highest BCUT2D eigenvalue weighted by Gasteiger charge is 2.21. The highest BCUT2D eigenvalue weighted by atomic mass is 19.2. The number of alkyl halides is 1. The van der Waals surface area contributed by atoms with Gasteiger partial charge in [0.25, 0.3) is 0 Å². The van der Waals surface area contributed by atoms with Gasteiger partial charge in [-0.3, -0.25) is 0 Å². The monoisotopic (exact) mass is 329 g/mol. The molecule has 1 aliphatic rings. The number of rotatable bonds is 8. The van der Waals surface area contributed by atoms with Gasteiger partial charge in [0.05, 0.1) is 12.4 Å². The zero-order chi connectivity index (χ0) is 17.4. The first-order valence-corrected chi connectivity index (χ1v) is 8.04. The lowest BCUT2D eigenvalue weighted by atomic mass is 9.88. The van der Waals surface area contributed by atoms with E-state index in [0.29, 0.717) is 26.0 Å². The first kappa shape index (κ1) is 19.6. The Labute approximate surface area is 136 Å². The summed E-state index contributed by atoms with van der Waals surface area (Å²) in [5.41, 5.74) is 1.78. The van der Waals surface area contributed by atoms with Crippen molar-refractivity contribution in [1.29, 1.82) is 0 Å². The van der Waals surface area contributed by atoms with Crippen molar-refractivity contribution in [2.24, 2.45) is 0 Å². The van der Waals surface area contributed by atoms with E-state index in [1.54, 1.807) is 0 Å². The number of likely N-dealkylation sites (N-methyl/N-ethyl adjacent to an activating group) is 1. The second kappa shape index (κ2) is 9.60. The normalized spacial score (nSPS) is 18.6. The second-order valence-corrected chi connectivity index (χ2v) is 5.42. The second-order valence-electron chi connectivity index (χ2n) is 5.42. The zero-order valence-corrected chi connectivity index (χ0v) is 14.3. The first-order chi connectivity index (χ1) is 10.9. The van der Waals surface area contributed by atoms with Gasteiger partial charge in [-0.1, -0.05) is 6.92 Å². The smallest absolute Gasteiger partial charge is 0.154 e. The summed E-state index contributed by atoms with van der Waals surface area (Å²) in [4.78, 5) is 0. The van der Waals surface area contributed by atoms with Crippen LogP contribution in [0.1, 0.15) is 40.5 Å². The van der Waals surface area contributed by atoms with Crippen molar-refractivity contribution in [3.63, 3.8) is 0 Å². The molecule has 0 amide bonds. The molecule has 0 radical (unpaired) electrons. The molecule has 2 nitrogen and oxygen atoms in total. The molecule has 1 N–H and O–H groups in total. The van der Waals surface area contributed by atoms with Crippen LogP contribution < -0.4 is 5.32 Å². The summed E-state index contributed by atoms with van der Waals surface area (Å²) in [6.07, 6.45) is 2.65. The van der Waals surface area contributed by atoms with Crippen molar-refractivity contribution in [2.75, 3.05) is 19.7 Å². The molecule has 0 aromatic rings. The molecular weight excluding hydrogens is 303 g/mol. The molecule has 0 aromatic heterocycles. The molecule has 1 aliphatic carbocycles. The topological polar surface area (TPSA) is 21.3 Å². The van der Waals surface area contributed by atoms with E-state index in [0.717, 1.165) is 36.4 Å². The molecule has 0 saturated carbocycles. The van der Waals surface area contributed by atoms with Gasteiger partial charge in [0, 0.05) is 13.0 Å². The van der Waals surface area contributed by atoms with Gasteiger partial charge in [0.1, 0.15) is 12.0 Å². The van der Waals surface area contributed by atoms with Gasteiger partial charge < -0.3 is 10.1 Å². The quantitative estimate of drug-likeness (QED) is 0.628. The summed E-state index contributed by atoms with van der Waals surface area (Å²) in [5.74, 6) is -1.13. The zero-order valence-electron chi connectivity index (χ0n) is 14.3. The summed E-state index contributed by atoms with van der Waals surface area (Å²) in [7, 11) is 0. The van der Waals surface area contributed by atoms with Crippen LogP contribution in [0.5, 0.6) is 0 Å². The van der Waals surface area contributed by atoms with E-state index in [1.165, 1.54) is 6.92 Å². The summed E-state index contributed by atoms with van der Waals surface area (Å²) in [6, 6.07) is 0. The molecule has 130 valence electrons. The first-order valence-electron chi connectivity index (χ1n) is 8.04. The summed E-state index contributed by atoms with van der Waals surface area (Å²) >= 11 is 0. The van der Waals surface area contributed by atoms with Crippen LogP contribution in [0.4, 0.5) is 13.2 Å². The summed E-state index contributed by atoms with van der Waals surface area (Å²) in [6.45, 7) is 8.10. The number of halogens is 3. The van der Waals surface area contributed by atoms with Crippen LogP contribution >= 0.6 is 0 Å². The number of nitrogens with one attached hydrogen (secondary N) is 1. The number of hydrogen-bond acceptors (Lipinski definition) is 2. The molecule has 0 heterocycles. The van der Waals surface area contributed by atoms with E-state index in [1.807, 2.05) is 19.9 Å². The minimum Gasteiger partial charge on any atom is -0.498 e. The Hall–Kier alpha value is -1.49. The fourth-order valence-corrected chi connectivity index (χ4v) is 2.49. The molecule has 23 heavy (non-hydrogen) atoms. The molecular formula is C18H26F3NO. The molecule has 0 bridgehead atoms. The van der Waals surface area contributed by atoms with Gasteiger partial charge in [0.15, 0.2) is 5.83 Å². The SMILES string of the molecule is CCNCC1=C(/C(=C/C(F)=C(\C)F)C(C)F)CCC(OCC)=C1. The molecule has 0 aliphatic heterocycles. The van der Waals surface area contributed by atoms with Crippen LogP contribution in [0.25, 0.3) is 0 Å². The molecule has 0 spiro atoms. The Bertz CT molecular complexity index is 526. The third-order valence-corrected chi connectivity index (χ3v) is 3.63. The largest absolute Gasteiger partial charge is 0.498 e. The van der Waals surface area contributed by atoms with E-state index in [-0.39, 0.29) is 5.57 Å². The number of allylic oxidation sites excluding steroid dienone is 6. The highest BCUT2D eigenvalue weighted by molar-refractivity contribution is 5.47. The molecule has 1 rings (SSSR count). The molecule has 0 aromatic carbocycles. The fourth-order valence-electron chi connectivity index (χ4n) is 2.49. The van der Waals surface area contributed by atoms with Crippen molar-refractivity contribution >= 4 is 0 Å². The maximum absolute atomic E-state index is 14.0. The van der Waals surface area contributed by atoms with Crippen molar-refractivity contribution in [1.82, 2.24) is 5.32 Å². The lowest BCUT2D eigenvalue weighted by Gasteiger charge is -2.23. The van der Waals surface area contributed by atoms with Gasteiger partial charge in [0.2, 0.25) is 0 Å². The minimum absolute atomic E-state index is 0.194. The van der Waals surface area contributed by atoms with Crippen LogP contribution in [0.15, 0.2) is 46.3 Å². The Morgan fingerprint density at radius 3 is 2.57 bits per heavy atom. The lowest BCUT2D eigenvalue weighted by Crippen LogP contribution is -2.20. The molecule has 0 saturated heterocycles. The number of ether oxygens (including phenoxy) is 1. The fraction of sp³-hybridized carbons (Fsp3) is 0.556. The van der Waals surface area contributed by atoms with E-state index in [4.69, 9.17) is 4.74 Å². The van der Waals surface area contributed by atoms with Crippen LogP contribution in [-0.4, -0.2) is 25.9 Å². The Morgan fingerprint density at radius 1 is 1.35 bits per heavy atom. The predicted molar refractivity (Wildman–Crippen MR) is 88.1 cm³/mol. The minimum atomic E-state index is -1.38. The van der Waals surface area contributed by atoms with Crippen LogP contribution in [-0.2, 0) is 4.74 Å². The van der Waals surface area contributed by atoms with E-state index in [9.17, 15) is 13.2 Å². The highest BCUT2D eigenvalue weighted by Crippen LogP contribution is 2.33.